The highest BCUT2D eigenvalue weighted by Crippen LogP contribution is 2.39. The highest BCUT2D eigenvalue weighted by atomic mass is 32.2. The van der Waals surface area contributed by atoms with Crippen molar-refractivity contribution >= 4 is 21.9 Å². The molecular weight excluding hydrogens is 406 g/mol. The van der Waals surface area contributed by atoms with Crippen LogP contribution >= 0.6 is 0 Å². The minimum atomic E-state index is -3.32. The number of hydrogen-bond donors (Lipinski definition) is 1. The predicted molar refractivity (Wildman–Crippen MR) is 119 cm³/mol. The molecule has 0 spiro atoms. The van der Waals surface area contributed by atoms with Crippen LogP contribution in [0.15, 0.2) is 4.99 Å². The normalized spacial score (nSPS) is 20.6. The largest absolute Gasteiger partial charge is 0.378 e. The van der Waals surface area contributed by atoms with E-state index in [9.17, 15) is 13.2 Å². The maximum absolute atomic E-state index is 12.8. The molecule has 30 heavy (non-hydrogen) atoms. The summed E-state index contributed by atoms with van der Waals surface area (Å²) in [4.78, 5) is 20.9. The van der Waals surface area contributed by atoms with E-state index in [0.29, 0.717) is 32.7 Å². The van der Waals surface area contributed by atoms with Crippen molar-refractivity contribution < 1.29 is 17.9 Å². The molecule has 2 rings (SSSR count). The van der Waals surface area contributed by atoms with E-state index < -0.39 is 10.0 Å². The average Bonchev–Trinajstić information content (AvgIpc) is 3.17. The highest BCUT2D eigenvalue weighted by molar-refractivity contribution is 7.89. The van der Waals surface area contributed by atoms with Gasteiger partial charge in [0, 0.05) is 53.9 Å². The Kier molecular flexibility index (Phi) is 8.93. The molecule has 0 unspecified atom stereocenters. The third-order valence-corrected chi connectivity index (χ3v) is 7.78. The molecule has 0 radical (unpaired) electrons. The first-order valence-corrected chi connectivity index (χ1v) is 12.5. The lowest BCUT2D eigenvalue weighted by atomic mass is 9.84. The number of carbonyl (C=O) groups excluding carboxylic acids is 1. The van der Waals surface area contributed by atoms with Crippen LogP contribution in [0.1, 0.15) is 39.5 Å². The maximum atomic E-state index is 12.8. The lowest BCUT2D eigenvalue weighted by molar-refractivity contribution is -0.138. The van der Waals surface area contributed by atoms with Gasteiger partial charge in [0.25, 0.3) is 0 Å². The van der Waals surface area contributed by atoms with Gasteiger partial charge in [-0.3, -0.25) is 9.79 Å². The van der Waals surface area contributed by atoms with Crippen LogP contribution in [0.4, 0.5) is 0 Å². The molecule has 0 bridgehead atoms. The van der Waals surface area contributed by atoms with E-state index >= 15 is 0 Å². The van der Waals surface area contributed by atoms with Gasteiger partial charge in [-0.25, -0.2) is 8.42 Å². The van der Waals surface area contributed by atoms with Gasteiger partial charge in [0.05, 0.1) is 23.9 Å². The second-order valence-electron chi connectivity index (χ2n) is 8.71. The Morgan fingerprint density at radius 3 is 2.27 bits per heavy atom. The predicted octanol–water partition coefficient (Wildman–Crippen LogP) is 0.583. The molecule has 1 saturated heterocycles. The maximum Gasteiger partial charge on any atom is 0.230 e. The quantitative estimate of drug-likeness (QED) is 0.434. The molecule has 10 heteroatoms. The van der Waals surface area contributed by atoms with Crippen molar-refractivity contribution in [3.05, 3.63) is 0 Å². The topological polar surface area (TPSA) is 94.5 Å². The fourth-order valence-corrected chi connectivity index (χ4v) is 5.55. The van der Waals surface area contributed by atoms with Gasteiger partial charge >= 0.3 is 0 Å². The third kappa shape index (κ3) is 6.31. The molecule has 0 aromatic rings. The van der Waals surface area contributed by atoms with Crippen LogP contribution in [0.2, 0.25) is 0 Å². The molecule has 1 heterocycles. The van der Waals surface area contributed by atoms with Crippen LogP contribution < -0.4 is 5.32 Å². The highest BCUT2D eigenvalue weighted by Gasteiger charge is 2.42. The first-order chi connectivity index (χ1) is 14.1. The van der Waals surface area contributed by atoms with Crippen molar-refractivity contribution in [2.45, 2.75) is 45.6 Å². The van der Waals surface area contributed by atoms with Gasteiger partial charge in [0.2, 0.25) is 15.9 Å². The molecule has 1 amide bonds. The Balaban J connectivity index is 1.90. The molecule has 9 nitrogen and oxygen atoms in total. The fourth-order valence-electron chi connectivity index (χ4n) is 4.27. The molecule has 0 aromatic heterocycles. The van der Waals surface area contributed by atoms with Crippen molar-refractivity contribution in [3.8, 4) is 0 Å². The van der Waals surface area contributed by atoms with Crippen LogP contribution in [-0.4, -0.2) is 107 Å². The number of guanidine groups is 1. The fraction of sp³-hybridized carbons (Fsp3) is 0.900. The Bertz CT molecular complexity index is 694. The number of piperazine rings is 1. The number of aliphatic imine (C=N–C) groups is 1. The third-order valence-electron chi connectivity index (χ3n) is 5.94. The van der Waals surface area contributed by atoms with Crippen LogP contribution in [0, 0.1) is 5.41 Å². The van der Waals surface area contributed by atoms with Gasteiger partial charge in [-0.2, -0.15) is 4.31 Å². The Morgan fingerprint density at radius 1 is 1.17 bits per heavy atom. The number of nitrogens with zero attached hydrogens (tertiary/aromatic N) is 4. The van der Waals surface area contributed by atoms with Crippen LogP contribution in [-0.2, 0) is 19.6 Å². The number of rotatable bonds is 8. The molecule has 174 valence electrons. The number of ether oxygens (including phenoxy) is 1. The van der Waals surface area contributed by atoms with Crippen molar-refractivity contribution in [2.24, 2.45) is 10.4 Å². The zero-order chi connectivity index (χ0) is 22.4. The van der Waals surface area contributed by atoms with E-state index in [1.807, 2.05) is 27.9 Å². The summed E-state index contributed by atoms with van der Waals surface area (Å²) >= 11 is 0. The summed E-state index contributed by atoms with van der Waals surface area (Å²) in [7, 11) is 2.02. The lowest BCUT2D eigenvalue weighted by Gasteiger charge is -2.37. The smallest absolute Gasteiger partial charge is 0.230 e. The van der Waals surface area contributed by atoms with Crippen LogP contribution in [0.25, 0.3) is 0 Å². The van der Waals surface area contributed by atoms with E-state index in [1.54, 1.807) is 11.9 Å². The van der Waals surface area contributed by atoms with E-state index in [4.69, 9.17) is 4.74 Å². The van der Waals surface area contributed by atoms with Crippen LogP contribution in [0.5, 0.6) is 0 Å². The Morgan fingerprint density at radius 2 is 1.77 bits per heavy atom. The van der Waals surface area contributed by atoms with E-state index in [2.05, 4.69) is 15.2 Å². The molecule has 1 aliphatic heterocycles. The summed E-state index contributed by atoms with van der Waals surface area (Å²) in [6.45, 7) is 6.54. The zero-order valence-electron chi connectivity index (χ0n) is 19.2. The first-order valence-electron chi connectivity index (χ1n) is 10.9. The molecule has 2 fully saturated rings. The summed E-state index contributed by atoms with van der Waals surface area (Å²) < 4.78 is 32.0. The second kappa shape index (κ2) is 10.8. The molecule has 0 atom stereocenters. The molecule has 1 N–H and O–H groups in total. The molecule has 0 aromatic carbocycles. The minimum absolute atomic E-state index is 0.00726. The van der Waals surface area contributed by atoms with Crippen molar-refractivity contribution in [1.29, 1.82) is 0 Å². The lowest BCUT2D eigenvalue weighted by Crippen LogP contribution is -2.56. The van der Waals surface area contributed by atoms with E-state index in [-0.39, 0.29) is 29.8 Å². The van der Waals surface area contributed by atoms with Gasteiger partial charge in [-0.1, -0.05) is 12.8 Å². The standard InChI is InChI=1S/C20H39N5O4S/c1-17(2)29-14-15-30(27,28)25-12-10-24(11-13-25)19(21-3)22-16-20(8-6-7-9-20)18(26)23(4)5/h17H,6-16H2,1-5H3,(H,21,22). The van der Waals surface area contributed by atoms with Crippen molar-refractivity contribution in [2.75, 3.05) is 66.2 Å². The Hall–Kier alpha value is -1.39. The summed E-state index contributed by atoms with van der Waals surface area (Å²) in [5.41, 5.74) is -0.374. The number of carbonyl (C=O) groups is 1. The molecule has 1 aliphatic carbocycles. The number of sulfonamides is 1. The number of hydrogen-bond acceptors (Lipinski definition) is 5. The van der Waals surface area contributed by atoms with Crippen molar-refractivity contribution in [3.63, 3.8) is 0 Å². The van der Waals surface area contributed by atoms with Gasteiger partial charge in [0.1, 0.15) is 0 Å². The van der Waals surface area contributed by atoms with Crippen molar-refractivity contribution in [1.82, 2.24) is 19.4 Å². The van der Waals surface area contributed by atoms with Gasteiger partial charge in [0.15, 0.2) is 5.96 Å². The van der Waals surface area contributed by atoms with E-state index in [1.165, 1.54) is 4.31 Å². The summed E-state index contributed by atoms with van der Waals surface area (Å²) in [5.74, 6) is 0.906. The van der Waals surface area contributed by atoms with Gasteiger partial charge < -0.3 is 19.9 Å². The van der Waals surface area contributed by atoms with Gasteiger partial charge in [-0.05, 0) is 26.7 Å². The van der Waals surface area contributed by atoms with Crippen LogP contribution in [0.3, 0.4) is 0 Å². The number of amides is 1. The summed E-state index contributed by atoms with van der Waals surface area (Å²) in [5, 5.41) is 3.40. The summed E-state index contributed by atoms with van der Waals surface area (Å²) in [6.07, 6.45) is 3.93. The monoisotopic (exact) mass is 445 g/mol. The number of nitrogens with one attached hydrogen (secondary N) is 1. The molecule has 2 aliphatic rings. The molecular formula is C20H39N5O4S. The van der Waals surface area contributed by atoms with E-state index in [0.717, 1.165) is 31.6 Å². The first kappa shape index (κ1) is 24.9. The minimum Gasteiger partial charge on any atom is -0.378 e. The Labute approximate surface area is 181 Å². The molecule has 1 saturated carbocycles. The second-order valence-corrected chi connectivity index (χ2v) is 10.8. The zero-order valence-corrected chi connectivity index (χ0v) is 20.0. The summed E-state index contributed by atoms with van der Waals surface area (Å²) in [6, 6.07) is 0. The average molecular weight is 446 g/mol. The van der Waals surface area contributed by atoms with Gasteiger partial charge in [-0.15, -0.1) is 0 Å². The SMILES string of the molecule is CN=C(NCC1(C(=O)N(C)C)CCCC1)N1CCN(S(=O)(=O)CCOC(C)C)CC1.